The average Bonchev–Trinajstić information content (AvgIpc) is 2.94. The first-order valence-corrected chi connectivity index (χ1v) is 6.23. The van der Waals surface area contributed by atoms with Crippen LogP contribution in [-0.2, 0) is 0 Å². The van der Waals surface area contributed by atoms with Gasteiger partial charge in [0.1, 0.15) is 5.82 Å². The fourth-order valence-electron chi connectivity index (χ4n) is 1.95. The lowest BCUT2D eigenvalue weighted by Gasteiger charge is -2.05. The monoisotopic (exact) mass is 282 g/mol. The van der Waals surface area contributed by atoms with Crippen molar-refractivity contribution in [3.05, 3.63) is 66.2 Å². The van der Waals surface area contributed by atoms with Gasteiger partial charge < -0.3 is 5.73 Å². The van der Waals surface area contributed by atoms with E-state index in [1.807, 2.05) is 30.3 Å². The van der Waals surface area contributed by atoms with Crippen LogP contribution in [-0.4, -0.2) is 20.7 Å². The van der Waals surface area contributed by atoms with Gasteiger partial charge in [0.15, 0.2) is 5.82 Å². The molecule has 1 aromatic heterocycles. The maximum absolute atomic E-state index is 13.0. The molecule has 104 valence electrons. The van der Waals surface area contributed by atoms with Crippen LogP contribution in [0.5, 0.6) is 0 Å². The predicted octanol–water partition coefficient (Wildman–Crippen LogP) is 2.17. The standard InChI is InChI=1S/C15H11FN4O/c16-11-8-6-10(7-9-11)15-18-14(13(17)21)19-20(15)12-4-2-1-3-5-12/h1-9H,(H2,17,21). The number of carbonyl (C=O) groups is 1. The molecule has 0 unspecified atom stereocenters. The summed E-state index contributed by atoms with van der Waals surface area (Å²) < 4.78 is 14.5. The molecule has 0 spiro atoms. The van der Waals surface area contributed by atoms with Gasteiger partial charge in [-0.2, -0.15) is 0 Å². The third-order valence-corrected chi connectivity index (χ3v) is 2.93. The third kappa shape index (κ3) is 2.51. The molecule has 0 atom stereocenters. The number of aromatic nitrogens is 3. The zero-order valence-corrected chi connectivity index (χ0v) is 10.9. The van der Waals surface area contributed by atoms with Crippen molar-refractivity contribution < 1.29 is 9.18 Å². The van der Waals surface area contributed by atoms with E-state index in [1.54, 1.807) is 12.1 Å². The Labute approximate surface area is 119 Å². The summed E-state index contributed by atoms with van der Waals surface area (Å²) in [4.78, 5) is 15.4. The molecule has 2 N–H and O–H groups in total. The van der Waals surface area contributed by atoms with Crippen molar-refractivity contribution in [1.29, 1.82) is 0 Å². The SMILES string of the molecule is NC(=O)c1nc(-c2ccc(F)cc2)n(-c2ccccc2)n1. The van der Waals surface area contributed by atoms with Gasteiger partial charge in [0.05, 0.1) is 5.69 Å². The fourth-order valence-corrected chi connectivity index (χ4v) is 1.95. The number of primary amides is 1. The summed E-state index contributed by atoms with van der Waals surface area (Å²) in [5.74, 6) is -0.721. The maximum atomic E-state index is 13.0. The second-order valence-electron chi connectivity index (χ2n) is 4.38. The van der Waals surface area contributed by atoms with Gasteiger partial charge in [-0.15, -0.1) is 5.10 Å². The molecule has 1 heterocycles. The lowest BCUT2D eigenvalue weighted by Crippen LogP contribution is -2.13. The van der Waals surface area contributed by atoms with Crippen molar-refractivity contribution in [2.24, 2.45) is 5.73 Å². The molecular formula is C15H11FN4O. The lowest BCUT2D eigenvalue weighted by atomic mass is 10.2. The van der Waals surface area contributed by atoms with Crippen molar-refractivity contribution >= 4 is 5.91 Å². The molecule has 0 aliphatic carbocycles. The number of hydrogen-bond acceptors (Lipinski definition) is 3. The van der Waals surface area contributed by atoms with Crippen molar-refractivity contribution in [3.8, 4) is 17.1 Å². The van der Waals surface area contributed by atoms with Gasteiger partial charge in [0, 0.05) is 5.56 Å². The summed E-state index contributed by atoms with van der Waals surface area (Å²) in [6.45, 7) is 0. The third-order valence-electron chi connectivity index (χ3n) is 2.93. The van der Waals surface area contributed by atoms with E-state index in [1.165, 1.54) is 16.8 Å². The minimum absolute atomic E-state index is 0.0850. The van der Waals surface area contributed by atoms with Crippen LogP contribution in [0.3, 0.4) is 0 Å². The number of rotatable bonds is 3. The van der Waals surface area contributed by atoms with Crippen molar-refractivity contribution in [3.63, 3.8) is 0 Å². The Balaban J connectivity index is 2.19. The van der Waals surface area contributed by atoms with Crippen molar-refractivity contribution in [1.82, 2.24) is 14.8 Å². The van der Waals surface area contributed by atoms with Crippen LogP contribution in [0, 0.1) is 5.82 Å². The quantitative estimate of drug-likeness (QED) is 0.800. The minimum atomic E-state index is -0.715. The summed E-state index contributed by atoms with van der Waals surface area (Å²) in [5.41, 5.74) is 6.61. The number of carbonyl (C=O) groups excluding carboxylic acids is 1. The van der Waals surface area contributed by atoms with Gasteiger partial charge in [-0.05, 0) is 36.4 Å². The molecule has 3 rings (SSSR count). The molecule has 0 fully saturated rings. The zero-order chi connectivity index (χ0) is 14.8. The van der Waals surface area contributed by atoms with Gasteiger partial charge in [-0.3, -0.25) is 4.79 Å². The van der Waals surface area contributed by atoms with E-state index in [9.17, 15) is 9.18 Å². The van der Waals surface area contributed by atoms with Gasteiger partial charge in [0.25, 0.3) is 5.91 Å². The number of nitrogens with zero attached hydrogens (tertiary/aromatic N) is 3. The van der Waals surface area contributed by atoms with E-state index in [-0.39, 0.29) is 11.6 Å². The van der Waals surface area contributed by atoms with Crippen LogP contribution in [0.4, 0.5) is 4.39 Å². The van der Waals surface area contributed by atoms with E-state index >= 15 is 0 Å². The van der Waals surface area contributed by atoms with E-state index in [0.717, 1.165) is 5.69 Å². The molecule has 21 heavy (non-hydrogen) atoms. The van der Waals surface area contributed by atoms with E-state index < -0.39 is 5.91 Å². The molecule has 0 saturated carbocycles. The molecule has 0 bridgehead atoms. The van der Waals surface area contributed by atoms with Gasteiger partial charge in [-0.1, -0.05) is 18.2 Å². The Hall–Kier alpha value is -3.02. The summed E-state index contributed by atoms with van der Waals surface area (Å²) in [7, 11) is 0. The van der Waals surface area contributed by atoms with Crippen molar-refractivity contribution in [2.45, 2.75) is 0 Å². The zero-order valence-electron chi connectivity index (χ0n) is 10.9. The molecule has 3 aromatic rings. The highest BCUT2D eigenvalue weighted by Crippen LogP contribution is 2.21. The lowest BCUT2D eigenvalue weighted by molar-refractivity contribution is 0.0990. The molecule has 0 aliphatic heterocycles. The number of para-hydroxylation sites is 1. The molecule has 0 aliphatic rings. The molecule has 6 heteroatoms. The van der Waals surface area contributed by atoms with Crippen LogP contribution in [0.25, 0.3) is 17.1 Å². The number of amides is 1. The molecule has 1 amide bonds. The summed E-state index contributed by atoms with van der Waals surface area (Å²) >= 11 is 0. The van der Waals surface area contributed by atoms with Gasteiger partial charge in [-0.25, -0.2) is 14.1 Å². The smallest absolute Gasteiger partial charge is 0.288 e. The average molecular weight is 282 g/mol. The topological polar surface area (TPSA) is 73.8 Å². The van der Waals surface area contributed by atoms with Gasteiger partial charge in [0.2, 0.25) is 5.82 Å². The molecular weight excluding hydrogens is 271 g/mol. The molecule has 0 saturated heterocycles. The maximum Gasteiger partial charge on any atom is 0.288 e. The molecule has 0 radical (unpaired) electrons. The highest BCUT2D eigenvalue weighted by Gasteiger charge is 2.16. The first-order chi connectivity index (χ1) is 10.1. The van der Waals surface area contributed by atoms with E-state index in [4.69, 9.17) is 5.73 Å². The highest BCUT2D eigenvalue weighted by molar-refractivity contribution is 5.89. The fraction of sp³-hybridized carbons (Fsp3) is 0. The van der Waals surface area contributed by atoms with E-state index in [2.05, 4.69) is 10.1 Å². The number of hydrogen-bond donors (Lipinski definition) is 1. The Kier molecular flexibility index (Phi) is 3.19. The second-order valence-corrected chi connectivity index (χ2v) is 4.38. The van der Waals surface area contributed by atoms with E-state index in [0.29, 0.717) is 11.4 Å². The summed E-state index contributed by atoms with van der Waals surface area (Å²) in [6.07, 6.45) is 0. The molecule has 5 nitrogen and oxygen atoms in total. The van der Waals surface area contributed by atoms with Crippen LogP contribution in [0.2, 0.25) is 0 Å². The Morgan fingerprint density at radius 2 is 1.71 bits per heavy atom. The van der Waals surface area contributed by atoms with Crippen LogP contribution >= 0.6 is 0 Å². The first kappa shape index (κ1) is 13.0. The summed E-state index contributed by atoms with van der Waals surface area (Å²) in [5, 5.41) is 4.12. The van der Waals surface area contributed by atoms with Crippen LogP contribution < -0.4 is 5.73 Å². The Morgan fingerprint density at radius 3 is 2.33 bits per heavy atom. The van der Waals surface area contributed by atoms with Crippen LogP contribution in [0.15, 0.2) is 54.6 Å². The summed E-state index contributed by atoms with van der Waals surface area (Å²) in [6, 6.07) is 15.0. The largest absolute Gasteiger partial charge is 0.363 e. The first-order valence-electron chi connectivity index (χ1n) is 6.23. The van der Waals surface area contributed by atoms with Crippen LogP contribution in [0.1, 0.15) is 10.6 Å². The number of nitrogens with two attached hydrogens (primary N) is 1. The second kappa shape index (κ2) is 5.16. The Bertz CT molecular complexity index is 781. The van der Waals surface area contributed by atoms with Gasteiger partial charge >= 0.3 is 0 Å². The number of benzene rings is 2. The number of halogens is 1. The predicted molar refractivity (Wildman–Crippen MR) is 75.3 cm³/mol. The highest BCUT2D eigenvalue weighted by atomic mass is 19.1. The minimum Gasteiger partial charge on any atom is -0.363 e. The van der Waals surface area contributed by atoms with Crippen molar-refractivity contribution in [2.75, 3.05) is 0 Å². The normalized spacial score (nSPS) is 10.5. The molecule has 2 aromatic carbocycles. The Morgan fingerprint density at radius 1 is 1.05 bits per heavy atom.